The summed E-state index contributed by atoms with van der Waals surface area (Å²) in [5.41, 5.74) is 2.49. The second kappa shape index (κ2) is 15.5. The van der Waals surface area contributed by atoms with E-state index in [0.29, 0.717) is 29.2 Å². The van der Waals surface area contributed by atoms with Gasteiger partial charge in [0.15, 0.2) is 11.6 Å². The predicted molar refractivity (Wildman–Crippen MR) is 176 cm³/mol. The average molecular weight is 668 g/mol. The lowest BCUT2D eigenvalue weighted by molar-refractivity contribution is 0.203. The van der Waals surface area contributed by atoms with E-state index in [0.717, 1.165) is 48.7 Å². The Morgan fingerprint density at radius 2 is 1.68 bits per heavy atom. The fourth-order valence-electron chi connectivity index (χ4n) is 5.62. The monoisotopic (exact) mass is 667 g/mol. The molecule has 0 aliphatic carbocycles. The highest BCUT2D eigenvalue weighted by Gasteiger charge is 2.26. The molecule has 2 heterocycles. The molecule has 0 radical (unpaired) electrons. The van der Waals surface area contributed by atoms with Crippen molar-refractivity contribution in [2.45, 2.75) is 53.0 Å². The average Bonchev–Trinajstić information content (AvgIpc) is 3.04. The van der Waals surface area contributed by atoms with E-state index in [2.05, 4.69) is 20.2 Å². The number of likely N-dealkylation sites (tertiary alicyclic amines) is 1. The summed E-state index contributed by atoms with van der Waals surface area (Å²) in [5.74, 6) is -1.74. The molecule has 1 aliphatic rings. The van der Waals surface area contributed by atoms with Crippen molar-refractivity contribution in [3.05, 3.63) is 99.5 Å². The zero-order chi connectivity index (χ0) is 33.5. The number of ether oxygens (including phenoxy) is 2. The summed E-state index contributed by atoms with van der Waals surface area (Å²) in [7, 11) is 0. The van der Waals surface area contributed by atoms with Gasteiger partial charge in [0.25, 0.3) is 0 Å². The lowest BCUT2D eigenvalue weighted by atomic mass is 10.1. The van der Waals surface area contributed by atoms with Crippen LogP contribution in [0.1, 0.15) is 47.9 Å². The number of aryl methyl sites for hydroxylation is 3. The molecular weight excluding hydrogens is 631 g/mol. The molecule has 1 aliphatic heterocycles. The summed E-state index contributed by atoms with van der Waals surface area (Å²) in [6.45, 7) is 8.53. The number of hydrogen-bond acceptors (Lipinski definition) is 7. The van der Waals surface area contributed by atoms with E-state index in [1.165, 1.54) is 43.7 Å². The molecule has 5 rings (SSSR count). The van der Waals surface area contributed by atoms with Gasteiger partial charge in [-0.25, -0.2) is 22.9 Å². The van der Waals surface area contributed by atoms with E-state index >= 15 is 0 Å². The van der Waals surface area contributed by atoms with Crippen molar-refractivity contribution in [1.29, 1.82) is 0 Å². The Kier molecular flexibility index (Phi) is 11.2. The Hall–Kier alpha value is -4.35. The summed E-state index contributed by atoms with van der Waals surface area (Å²) < 4.78 is 55.6. The van der Waals surface area contributed by atoms with Gasteiger partial charge in [0.2, 0.25) is 5.95 Å². The third kappa shape index (κ3) is 8.72. The first kappa shape index (κ1) is 34.0. The summed E-state index contributed by atoms with van der Waals surface area (Å²) in [4.78, 5) is 25.7. The van der Waals surface area contributed by atoms with Gasteiger partial charge in [-0.2, -0.15) is 4.98 Å². The highest BCUT2D eigenvalue weighted by molar-refractivity contribution is 6.31. The standard InChI is InChI=1S/C35H37ClF3N5O3/c1-22-18-23(2)33(24(3)19-22)47-35(45)44(21-26-27(37)9-10-28(38)32(26)36)31-12-13-40-34(42-31)41-25-8-11-30(29(39)20-25)46-17-7-16-43-14-5-4-6-15-43/h8-13,18-20H,4-7,14-17,21H2,1-3H3,(H,40,41,42). The van der Waals surface area contributed by atoms with E-state index in [4.69, 9.17) is 21.1 Å². The number of halogens is 4. The molecule has 8 nitrogen and oxygen atoms in total. The number of carbonyl (C=O) groups is 1. The largest absolute Gasteiger partial charge is 0.490 e. The first-order valence-corrected chi connectivity index (χ1v) is 15.9. The van der Waals surface area contributed by atoms with E-state index in [9.17, 15) is 18.0 Å². The SMILES string of the molecule is Cc1cc(C)c(OC(=O)N(Cc2c(F)ccc(F)c2Cl)c2ccnc(Nc3ccc(OCCCN4CCCCC4)c(F)c3)n2)c(C)c1. The molecule has 1 aromatic heterocycles. The van der Waals surface area contributed by atoms with Gasteiger partial charge < -0.3 is 19.7 Å². The van der Waals surface area contributed by atoms with Crippen molar-refractivity contribution < 1.29 is 27.4 Å². The van der Waals surface area contributed by atoms with Gasteiger partial charge in [-0.05, 0) is 94.6 Å². The number of anilines is 3. The normalized spacial score (nSPS) is 13.3. The van der Waals surface area contributed by atoms with Crippen molar-refractivity contribution in [3.63, 3.8) is 0 Å². The molecule has 0 atom stereocenters. The smallest absolute Gasteiger partial charge is 0.421 e. The fourth-order valence-corrected chi connectivity index (χ4v) is 5.83. The molecule has 0 saturated carbocycles. The minimum Gasteiger partial charge on any atom is -0.490 e. The van der Waals surface area contributed by atoms with E-state index in [-0.39, 0.29) is 23.1 Å². The molecule has 1 amide bonds. The van der Waals surface area contributed by atoms with Crippen LogP contribution in [0.5, 0.6) is 11.5 Å². The van der Waals surface area contributed by atoms with Crippen molar-refractivity contribution >= 4 is 35.1 Å². The summed E-state index contributed by atoms with van der Waals surface area (Å²) in [6.07, 6.45) is 4.96. The van der Waals surface area contributed by atoms with Crippen LogP contribution in [0.3, 0.4) is 0 Å². The molecule has 0 bridgehead atoms. The number of amides is 1. The number of benzene rings is 3. The van der Waals surface area contributed by atoms with E-state index in [1.807, 2.05) is 19.1 Å². The zero-order valence-corrected chi connectivity index (χ0v) is 27.3. The van der Waals surface area contributed by atoms with Gasteiger partial charge in [-0.15, -0.1) is 0 Å². The van der Waals surface area contributed by atoms with Crippen molar-refractivity contribution in [2.24, 2.45) is 0 Å². The predicted octanol–water partition coefficient (Wildman–Crippen LogP) is 8.68. The topological polar surface area (TPSA) is 79.8 Å². The maximum atomic E-state index is 14.9. The molecule has 3 aromatic carbocycles. The number of aromatic nitrogens is 2. The molecule has 248 valence electrons. The molecule has 12 heteroatoms. The molecule has 1 saturated heterocycles. The van der Waals surface area contributed by atoms with Crippen LogP contribution in [0.4, 0.5) is 35.4 Å². The zero-order valence-electron chi connectivity index (χ0n) is 26.6. The molecule has 4 aromatic rings. The van der Waals surface area contributed by atoms with Crippen LogP contribution in [-0.4, -0.2) is 47.2 Å². The van der Waals surface area contributed by atoms with Crippen molar-refractivity contribution in [3.8, 4) is 11.5 Å². The van der Waals surface area contributed by atoms with Crippen LogP contribution in [0.25, 0.3) is 0 Å². The highest BCUT2D eigenvalue weighted by atomic mass is 35.5. The fraction of sp³-hybridized carbons (Fsp3) is 0.343. The Morgan fingerprint density at radius 3 is 2.40 bits per heavy atom. The third-order valence-electron chi connectivity index (χ3n) is 7.90. The Morgan fingerprint density at radius 1 is 0.957 bits per heavy atom. The van der Waals surface area contributed by atoms with Gasteiger partial charge in [-0.1, -0.05) is 35.7 Å². The minimum absolute atomic E-state index is 0.00350. The van der Waals surface area contributed by atoms with Crippen LogP contribution in [-0.2, 0) is 6.54 Å². The number of nitrogens with zero attached hydrogens (tertiary/aromatic N) is 4. The van der Waals surface area contributed by atoms with Gasteiger partial charge in [0.05, 0.1) is 18.2 Å². The first-order valence-electron chi connectivity index (χ1n) is 15.5. The van der Waals surface area contributed by atoms with Gasteiger partial charge in [0.1, 0.15) is 23.2 Å². The molecule has 47 heavy (non-hydrogen) atoms. The second-order valence-corrected chi connectivity index (χ2v) is 12.0. The van der Waals surface area contributed by atoms with Crippen molar-refractivity contribution in [1.82, 2.24) is 14.9 Å². The van der Waals surface area contributed by atoms with Crippen LogP contribution in [0.2, 0.25) is 5.02 Å². The van der Waals surface area contributed by atoms with E-state index in [1.54, 1.807) is 19.9 Å². The Balaban J connectivity index is 1.34. The number of hydrogen-bond donors (Lipinski definition) is 1. The molecular formula is C35H37ClF3N5O3. The van der Waals surface area contributed by atoms with Crippen LogP contribution >= 0.6 is 11.6 Å². The Labute approximate surface area is 277 Å². The van der Waals surface area contributed by atoms with E-state index < -0.39 is 35.1 Å². The summed E-state index contributed by atoms with van der Waals surface area (Å²) >= 11 is 6.12. The first-order chi connectivity index (χ1) is 22.6. The lowest BCUT2D eigenvalue weighted by Gasteiger charge is -2.26. The number of piperidine rings is 1. The molecule has 1 fully saturated rings. The highest BCUT2D eigenvalue weighted by Crippen LogP contribution is 2.30. The molecule has 0 unspecified atom stereocenters. The number of nitrogens with one attached hydrogen (secondary N) is 1. The Bertz CT molecular complexity index is 1710. The van der Waals surface area contributed by atoms with Gasteiger partial charge in [-0.3, -0.25) is 4.90 Å². The lowest BCUT2D eigenvalue weighted by Crippen LogP contribution is -2.34. The summed E-state index contributed by atoms with van der Waals surface area (Å²) in [5, 5.41) is 2.45. The molecule has 1 N–H and O–H groups in total. The number of carbonyl (C=O) groups excluding carboxylic acids is 1. The quantitative estimate of drug-likeness (QED) is 0.127. The summed E-state index contributed by atoms with van der Waals surface area (Å²) in [6, 6.07) is 11.4. The van der Waals surface area contributed by atoms with Gasteiger partial charge >= 0.3 is 6.09 Å². The minimum atomic E-state index is -0.905. The van der Waals surface area contributed by atoms with Crippen LogP contribution in [0.15, 0.2) is 54.7 Å². The third-order valence-corrected chi connectivity index (χ3v) is 8.31. The van der Waals surface area contributed by atoms with Gasteiger partial charge in [0, 0.05) is 30.1 Å². The molecule has 0 spiro atoms. The maximum Gasteiger partial charge on any atom is 0.421 e. The number of rotatable bonds is 11. The van der Waals surface area contributed by atoms with Crippen LogP contribution in [0, 0.1) is 38.2 Å². The second-order valence-electron chi connectivity index (χ2n) is 11.6. The van der Waals surface area contributed by atoms with Crippen LogP contribution < -0.4 is 19.7 Å². The maximum absolute atomic E-state index is 14.9. The van der Waals surface area contributed by atoms with Crippen molar-refractivity contribution in [2.75, 3.05) is 36.5 Å².